The highest BCUT2D eigenvalue weighted by molar-refractivity contribution is 7.17. The Balaban J connectivity index is 1.89. The number of ether oxygens (including phenoxy) is 1. The molecule has 6 nitrogen and oxygen atoms in total. The summed E-state index contributed by atoms with van der Waals surface area (Å²) in [5, 5.41) is 12.5. The zero-order chi connectivity index (χ0) is 18.3. The molecule has 1 saturated heterocycles. The van der Waals surface area contributed by atoms with Crippen molar-refractivity contribution in [3.05, 3.63) is 34.9 Å². The number of fused-ring (bicyclic) bond motifs is 1. The fraction of sp³-hybridized carbons (Fsp3) is 0.278. The van der Waals surface area contributed by atoms with Gasteiger partial charge in [-0.1, -0.05) is 12.1 Å². The third kappa shape index (κ3) is 2.87. The van der Waals surface area contributed by atoms with E-state index in [0.717, 1.165) is 33.5 Å². The van der Waals surface area contributed by atoms with Crippen LogP contribution in [0.25, 0.3) is 21.3 Å². The largest absolute Gasteiger partial charge is 0.497 e. The molecule has 1 atom stereocenters. The quantitative estimate of drug-likeness (QED) is 0.678. The van der Waals surface area contributed by atoms with Gasteiger partial charge in [-0.05, 0) is 42.1 Å². The minimum Gasteiger partial charge on any atom is -0.497 e. The van der Waals surface area contributed by atoms with Gasteiger partial charge in [-0.2, -0.15) is 4.98 Å². The molecule has 134 valence electrons. The molecular weight excluding hydrogens is 374 g/mol. The van der Waals surface area contributed by atoms with Gasteiger partial charge in [-0.3, -0.25) is 0 Å². The Kier molecular flexibility index (Phi) is 4.42. The Morgan fingerprint density at radius 1 is 1.35 bits per heavy atom. The van der Waals surface area contributed by atoms with Gasteiger partial charge in [0.05, 0.1) is 12.5 Å². The van der Waals surface area contributed by atoms with Crippen LogP contribution in [0, 0.1) is 0 Å². The van der Waals surface area contributed by atoms with E-state index in [4.69, 9.17) is 16.3 Å². The van der Waals surface area contributed by atoms with Crippen LogP contribution in [0.4, 0.5) is 5.82 Å². The normalized spacial score (nSPS) is 17.0. The highest BCUT2D eigenvalue weighted by atomic mass is 35.5. The average molecular weight is 390 g/mol. The second-order valence-electron chi connectivity index (χ2n) is 6.06. The molecule has 1 aliphatic rings. The van der Waals surface area contributed by atoms with E-state index < -0.39 is 12.0 Å². The van der Waals surface area contributed by atoms with Gasteiger partial charge in [0.2, 0.25) is 5.28 Å². The molecule has 3 heterocycles. The lowest BCUT2D eigenvalue weighted by Crippen LogP contribution is -2.36. The van der Waals surface area contributed by atoms with Crippen LogP contribution in [0.1, 0.15) is 12.8 Å². The first-order chi connectivity index (χ1) is 12.6. The summed E-state index contributed by atoms with van der Waals surface area (Å²) in [7, 11) is 1.63. The van der Waals surface area contributed by atoms with E-state index in [-0.39, 0.29) is 5.28 Å². The van der Waals surface area contributed by atoms with Crippen LogP contribution < -0.4 is 9.64 Å². The van der Waals surface area contributed by atoms with Crippen molar-refractivity contribution in [2.24, 2.45) is 0 Å². The fourth-order valence-corrected chi connectivity index (χ4v) is 4.52. The number of thiophene rings is 1. The van der Waals surface area contributed by atoms with Crippen LogP contribution in [0.3, 0.4) is 0 Å². The molecule has 4 rings (SSSR count). The van der Waals surface area contributed by atoms with Crippen molar-refractivity contribution in [3.8, 4) is 16.9 Å². The number of halogens is 1. The molecule has 0 saturated carbocycles. The van der Waals surface area contributed by atoms with Gasteiger partial charge in [-0.15, -0.1) is 11.3 Å². The van der Waals surface area contributed by atoms with E-state index in [0.29, 0.717) is 18.8 Å². The topological polar surface area (TPSA) is 75.6 Å². The zero-order valence-corrected chi connectivity index (χ0v) is 15.5. The summed E-state index contributed by atoms with van der Waals surface area (Å²) in [4.78, 5) is 23.0. The highest BCUT2D eigenvalue weighted by Gasteiger charge is 2.33. The van der Waals surface area contributed by atoms with E-state index in [1.165, 1.54) is 11.3 Å². The molecule has 0 spiro atoms. The number of hydrogen-bond donors (Lipinski definition) is 1. The van der Waals surface area contributed by atoms with Crippen LogP contribution >= 0.6 is 22.9 Å². The number of carbonyl (C=O) groups is 1. The van der Waals surface area contributed by atoms with Gasteiger partial charge in [0.15, 0.2) is 0 Å². The molecule has 1 N–H and O–H groups in total. The smallest absolute Gasteiger partial charge is 0.326 e. The van der Waals surface area contributed by atoms with Crippen LogP contribution in [0.5, 0.6) is 5.75 Å². The van der Waals surface area contributed by atoms with E-state index in [9.17, 15) is 9.90 Å². The number of anilines is 1. The summed E-state index contributed by atoms with van der Waals surface area (Å²) in [6.45, 7) is 0.636. The Bertz CT molecular complexity index is 974. The number of nitrogens with zero attached hydrogens (tertiary/aromatic N) is 3. The second-order valence-corrected chi connectivity index (χ2v) is 7.26. The van der Waals surface area contributed by atoms with Gasteiger partial charge in [0.25, 0.3) is 0 Å². The number of benzene rings is 1. The SMILES string of the molecule is COc1ccc(-c2csc3nc(Cl)nc(N4CCCC4C(=O)O)c23)cc1. The van der Waals surface area contributed by atoms with E-state index in [2.05, 4.69) is 9.97 Å². The maximum Gasteiger partial charge on any atom is 0.326 e. The Morgan fingerprint density at radius 3 is 2.81 bits per heavy atom. The molecule has 26 heavy (non-hydrogen) atoms. The predicted octanol–water partition coefficient (Wildman–Crippen LogP) is 4.07. The molecule has 0 aliphatic carbocycles. The number of aromatic nitrogens is 2. The van der Waals surface area contributed by atoms with Crippen molar-refractivity contribution >= 4 is 44.9 Å². The molecule has 1 aliphatic heterocycles. The number of hydrogen-bond acceptors (Lipinski definition) is 6. The van der Waals surface area contributed by atoms with Crippen LogP contribution in [0.2, 0.25) is 5.28 Å². The van der Waals surface area contributed by atoms with Gasteiger partial charge in [-0.25, -0.2) is 9.78 Å². The summed E-state index contributed by atoms with van der Waals surface area (Å²) in [6, 6.07) is 7.14. The van der Waals surface area contributed by atoms with Crippen LogP contribution in [-0.2, 0) is 4.79 Å². The lowest BCUT2D eigenvalue weighted by molar-refractivity contribution is -0.138. The second kappa shape index (κ2) is 6.74. The lowest BCUT2D eigenvalue weighted by Gasteiger charge is -2.23. The number of carboxylic acid groups (broad SMARTS) is 1. The Labute approximate surface area is 159 Å². The number of carboxylic acids is 1. The molecular formula is C18H16ClN3O3S. The maximum atomic E-state index is 11.6. The molecule has 0 amide bonds. The summed E-state index contributed by atoms with van der Waals surface area (Å²) in [5.74, 6) is 0.530. The maximum absolute atomic E-state index is 11.6. The van der Waals surface area contributed by atoms with Crippen molar-refractivity contribution < 1.29 is 14.6 Å². The number of methoxy groups -OCH3 is 1. The summed E-state index contributed by atoms with van der Waals surface area (Å²) in [5.41, 5.74) is 1.96. The van der Waals surface area contributed by atoms with E-state index >= 15 is 0 Å². The molecule has 1 unspecified atom stereocenters. The zero-order valence-electron chi connectivity index (χ0n) is 14.0. The molecule has 0 radical (unpaired) electrons. The molecule has 0 bridgehead atoms. The predicted molar refractivity (Wildman–Crippen MR) is 102 cm³/mol. The van der Waals surface area contributed by atoms with E-state index in [1.54, 1.807) is 7.11 Å². The summed E-state index contributed by atoms with van der Waals surface area (Å²) < 4.78 is 5.22. The minimum atomic E-state index is -0.841. The standard InChI is InChI=1S/C18H16ClN3O3S/c1-25-11-6-4-10(5-7-11)12-9-26-16-14(12)15(20-18(19)21-16)22-8-2-3-13(22)17(23)24/h4-7,9,13H,2-3,8H2,1H3,(H,23,24). The fourth-order valence-electron chi connectivity index (χ4n) is 3.37. The van der Waals surface area contributed by atoms with Gasteiger partial charge < -0.3 is 14.7 Å². The molecule has 8 heteroatoms. The van der Waals surface area contributed by atoms with Gasteiger partial charge in [0.1, 0.15) is 22.4 Å². The first kappa shape index (κ1) is 17.1. The van der Waals surface area contributed by atoms with Crippen molar-refractivity contribution in [1.29, 1.82) is 0 Å². The van der Waals surface area contributed by atoms with Gasteiger partial charge in [0, 0.05) is 17.5 Å². The van der Waals surface area contributed by atoms with Crippen molar-refractivity contribution in [1.82, 2.24) is 9.97 Å². The van der Waals surface area contributed by atoms with Crippen LogP contribution in [0.15, 0.2) is 29.6 Å². The third-order valence-electron chi connectivity index (χ3n) is 4.60. The summed E-state index contributed by atoms with van der Waals surface area (Å²) in [6.07, 6.45) is 1.41. The average Bonchev–Trinajstić information content (AvgIpc) is 3.28. The minimum absolute atomic E-state index is 0.131. The Hall–Kier alpha value is -2.38. The first-order valence-corrected chi connectivity index (χ1v) is 9.43. The van der Waals surface area contributed by atoms with Crippen LogP contribution in [-0.4, -0.2) is 40.7 Å². The van der Waals surface area contributed by atoms with Crippen molar-refractivity contribution in [2.75, 3.05) is 18.6 Å². The van der Waals surface area contributed by atoms with Crippen molar-refractivity contribution in [3.63, 3.8) is 0 Å². The van der Waals surface area contributed by atoms with Crippen molar-refractivity contribution in [2.45, 2.75) is 18.9 Å². The molecule has 1 aromatic carbocycles. The molecule has 2 aromatic heterocycles. The highest BCUT2D eigenvalue weighted by Crippen LogP contribution is 2.41. The number of aliphatic carboxylic acids is 1. The van der Waals surface area contributed by atoms with Gasteiger partial charge >= 0.3 is 5.97 Å². The summed E-state index contributed by atoms with van der Waals surface area (Å²) >= 11 is 7.59. The van der Waals surface area contributed by atoms with E-state index in [1.807, 2.05) is 34.5 Å². The molecule has 3 aromatic rings. The number of rotatable bonds is 4. The Morgan fingerprint density at radius 2 is 2.12 bits per heavy atom. The third-order valence-corrected chi connectivity index (χ3v) is 5.64. The lowest BCUT2D eigenvalue weighted by atomic mass is 10.1. The monoisotopic (exact) mass is 389 g/mol. The first-order valence-electron chi connectivity index (χ1n) is 8.17. The molecule has 1 fully saturated rings.